The Hall–Kier alpha value is 0.580. The number of ether oxygens (including phenoxy) is 3. The molecule has 4 atom stereocenters. The summed E-state index contributed by atoms with van der Waals surface area (Å²) in [6, 6.07) is 0. The molecule has 0 N–H and O–H groups in total. The Morgan fingerprint density at radius 1 is 1.50 bits per heavy atom. The first-order valence-corrected chi connectivity index (χ1v) is 6.12. The van der Waals surface area contributed by atoms with E-state index in [1.807, 2.05) is 6.08 Å². The molecular formula is C9H12Br2O3. The predicted molar refractivity (Wildman–Crippen MR) is 59.5 cm³/mol. The third-order valence-corrected chi connectivity index (χ3v) is 3.23. The van der Waals surface area contributed by atoms with Crippen LogP contribution < -0.4 is 0 Å². The van der Waals surface area contributed by atoms with E-state index in [0.717, 1.165) is 9.81 Å². The van der Waals surface area contributed by atoms with Crippen molar-refractivity contribution in [2.75, 3.05) is 13.7 Å². The molecule has 0 bridgehead atoms. The molecule has 0 aromatic heterocycles. The van der Waals surface area contributed by atoms with Crippen LogP contribution in [0.3, 0.4) is 0 Å². The molecule has 0 aliphatic carbocycles. The van der Waals surface area contributed by atoms with E-state index in [4.69, 9.17) is 14.2 Å². The van der Waals surface area contributed by atoms with Crippen molar-refractivity contribution >= 4 is 31.9 Å². The normalized spacial score (nSPS) is 41.1. The van der Waals surface area contributed by atoms with Crippen LogP contribution in [0.1, 0.15) is 6.42 Å². The maximum atomic E-state index is 5.64. The van der Waals surface area contributed by atoms with Gasteiger partial charge in [-0.05, 0) is 37.9 Å². The molecule has 2 aliphatic heterocycles. The highest BCUT2D eigenvalue weighted by atomic mass is 79.9. The molecular weight excluding hydrogens is 316 g/mol. The second kappa shape index (κ2) is 4.61. The van der Waals surface area contributed by atoms with E-state index in [1.165, 1.54) is 0 Å². The summed E-state index contributed by atoms with van der Waals surface area (Å²) in [7, 11) is 1.68. The van der Waals surface area contributed by atoms with Gasteiger partial charge < -0.3 is 14.2 Å². The minimum Gasteiger partial charge on any atom is -0.371 e. The maximum absolute atomic E-state index is 5.64. The SMILES string of the molecule is COC1C[C@H]2C(CO[C@@H]2C=C(Br)Br)O1. The first-order chi connectivity index (χ1) is 6.70. The topological polar surface area (TPSA) is 27.7 Å². The van der Waals surface area contributed by atoms with Crippen molar-refractivity contribution in [1.29, 1.82) is 0 Å². The van der Waals surface area contributed by atoms with Gasteiger partial charge in [0.25, 0.3) is 0 Å². The smallest absolute Gasteiger partial charge is 0.158 e. The Bertz CT molecular complexity index is 240. The standard InChI is InChI=1S/C9H12Br2O3/c1-12-9-2-5-6(3-8(10)11)13-4-7(5)14-9/h3,5-7,9H,2,4H2,1H3/t5-,6-,7?,9?/m1/s1. The number of fused-ring (bicyclic) bond motifs is 1. The van der Waals surface area contributed by atoms with Gasteiger partial charge in [0.15, 0.2) is 6.29 Å². The van der Waals surface area contributed by atoms with Crippen LogP contribution in [0.15, 0.2) is 9.47 Å². The Balaban J connectivity index is 2.01. The molecule has 14 heavy (non-hydrogen) atoms. The Kier molecular flexibility index (Phi) is 3.65. The van der Waals surface area contributed by atoms with Crippen molar-refractivity contribution in [1.82, 2.24) is 0 Å². The van der Waals surface area contributed by atoms with Gasteiger partial charge in [0.2, 0.25) is 0 Å². The van der Waals surface area contributed by atoms with Gasteiger partial charge in [-0.2, -0.15) is 0 Å². The first-order valence-electron chi connectivity index (χ1n) is 4.53. The van der Waals surface area contributed by atoms with Crippen LogP contribution in [0.5, 0.6) is 0 Å². The summed E-state index contributed by atoms with van der Waals surface area (Å²) in [6.07, 6.45) is 3.20. The van der Waals surface area contributed by atoms with Gasteiger partial charge in [-0.15, -0.1) is 0 Å². The average molecular weight is 328 g/mol. The van der Waals surface area contributed by atoms with Crippen LogP contribution in [-0.4, -0.2) is 32.2 Å². The van der Waals surface area contributed by atoms with Crippen LogP contribution in [0, 0.1) is 5.92 Å². The third kappa shape index (κ3) is 2.22. The molecule has 80 valence electrons. The lowest BCUT2D eigenvalue weighted by atomic mass is 9.98. The third-order valence-electron chi connectivity index (χ3n) is 2.70. The van der Waals surface area contributed by atoms with Gasteiger partial charge in [0.05, 0.1) is 22.2 Å². The number of halogens is 2. The summed E-state index contributed by atoms with van der Waals surface area (Å²) in [5.74, 6) is 0.421. The molecule has 0 aromatic rings. The van der Waals surface area contributed by atoms with E-state index in [1.54, 1.807) is 7.11 Å². The lowest BCUT2D eigenvalue weighted by Gasteiger charge is -2.12. The van der Waals surface area contributed by atoms with E-state index in [2.05, 4.69) is 31.9 Å². The van der Waals surface area contributed by atoms with Crippen molar-refractivity contribution in [2.24, 2.45) is 5.92 Å². The fraction of sp³-hybridized carbons (Fsp3) is 0.778. The van der Waals surface area contributed by atoms with Crippen molar-refractivity contribution in [3.8, 4) is 0 Å². The highest BCUT2D eigenvalue weighted by Gasteiger charge is 2.44. The summed E-state index contributed by atoms with van der Waals surface area (Å²) in [5.41, 5.74) is 0. The van der Waals surface area contributed by atoms with E-state index in [0.29, 0.717) is 12.5 Å². The Labute approximate surface area is 100 Å². The van der Waals surface area contributed by atoms with Gasteiger partial charge in [-0.25, -0.2) is 0 Å². The predicted octanol–water partition coefficient (Wildman–Crippen LogP) is 2.39. The van der Waals surface area contributed by atoms with E-state index in [9.17, 15) is 0 Å². The average Bonchev–Trinajstić information content (AvgIpc) is 2.66. The van der Waals surface area contributed by atoms with Crippen molar-refractivity contribution in [2.45, 2.75) is 24.9 Å². The first kappa shape index (κ1) is 11.1. The van der Waals surface area contributed by atoms with Crippen LogP contribution >= 0.6 is 31.9 Å². The molecule has 0 radical (unpaired) electrons. The van der Waals surface area contributed by atoms with Crippen molar-refractivity contribution in [3.63, 3.8) is 0 Å². The quantitative estimate of drug-likeness (QED) is 0.779. The van der Waals surface area contributed by atoms with Crippen molar-refractivity contribution < 1.29 is 14.2 Å². The number of hydrogen-bond acceptors (Lipinski definition) is 3. The number of methoxy groups -OCH3 is 1. The molecule has 2 fully saturated rings. The largest absolute Gasteiger partial charge is 0.371 e. The molecule has 2 heterocycles. The molecule has 0 amide bonds. The minimum absolute atomic E-state index is 0.0566. The van der Waals surface area contributed by atoms with Gasteiger partial charge in [0, 0.05) is 19.4 Å². The van der Waals surface area contributed by atoms with Gasteiger partial charge >= 0.3 is 0 Å². The van der Waals surface area contributed by atoms with E-state index in [-0.39, 0.29) is 18.5 Å². The monoisotopic (exact) mass is 326 g/mol. The van der Waals surface area contributed by atoms with Crippen molar-refractivity contribution in [3.05, 3.63) is 9.47 Å². The Morgan fingerprint density at radius 3 is 2.93 bits per heavy atom. The van der Waals surface area contributed by atoms with Crippen LogP contribution in [0.4, 0.5) is 0 Å². The zero-order valence-electron chi connectivity index (χ0n) is 7.78. The second-order valence-corrected chi connectivity index (χ2v) is 6.27. The molecule has 5 heteroatoms. The zero-order chi connectivity index (χ0) is 10.1. The summed E-state index contributed by atoms with van der Waals surface area (Å²) in [6.45, 7) is 0.666. The summed E-state index contributed by atoms with van der Waals surface area (Å²) in [5, 5.41) is 0. The zero-order valence-corrected chi connectivity index (χ0v) is 11.0. The fourth-order valence-electron chi connectivity index (χ4n) is 2.01. The molecule has 2 aliphatic rings. The summed E-state index contributed by atoms with van der Waals surface area (Å²) in [4.78, 5) is 0. The van der Waals surface area contributed by atoms with Gasteiger partial charge in [-0.1, -0.05) is 0 Å². The lowest BCUT2D eigenvalue weighted by molar-refractivity contribution is -0.122. The molecule has 0 saturated carbocycles. The van der Waals surface area contributed by atoms with Gasteiger partial charge in [-0.3, -0.25) is 0 Å². The van der Waals surface area contributed by atoms with Gasteiger partial charge in [0.1, 0.15) is 0 Å². The van der Waals surface area contributed by atoms with Crippen LogP contribution in [0.25, 0.3) is 0 Å². The molecule has 2 unspecified atom stereocenters. The molecule has 2 rings (SSSR count). The summed E-state index contributed by atoms with van der Waals surface area (Å²) >= 11 is 6.68. The number of hydrogen-bond donors (Lipinski definition) is 0. The minimum atomic E-state index is -0.0566. The van der Waals surface area contributed by atoms with E-state index < -0.39 is 0 Å². The molecule has 2 saturated heterocycles. The summed E-state index contributed by atoms with van der Waals surface area (Å²) < 4.78 is 17.4. The highest BCUT2D eigenvalue weighted by Crippen LogP contribution is 2.37. The van der Waals surface area contributed by atoms with E-state index >= 15 is 0 Å². The Morgan fingerprint density at radius 2 is 2.29 bits per heavy atom. The molecule has 0 spiro atoms. The fourth-order valence-corrected chi connectivity index (χ4v) is 2.53. The maximum Gasteiger partial charge on any atom is 0.158 e. The molecule has 3 nitrogen and oxygen atoms in total. The van der Waals surface area contributed by atoms with Crippen LogP contribution in [0.2, 0.25) is 0 Å². The lowest BCUT2D eigenvalue weighted by Crippen LogP contribution is -2.17. The molecule has 0 aromatic carbocycles. The number of rotatable bonds is 2. The van der Waals surface area contributed by atoms with Crippen LogP contribution in [-0.2, 0) is 14.2 Å². The second-order valence-electron chi connectivity index (χ2n) is 3.49. The highest BCUT2D eigenvalue weighted by molar-refractivity contribution is 9.28.